The molecular weight excluding hydrogens is 394 g/mol. The van der Waals surface area contributed by atoms with Gasteiger partial charge >= 0.3 is 5.97 Å². The molecule has 0 radical (unpaired) electrons. The molecule has 3 aromatic rings. The Morgan fingerprint density at radius 2 is 1.87 bits per heavy atom. The Balaban J connectivity index is 1.49. The second-order valence-corrected chi connectivity index (χ2v) is 7.50. The van der Waals surface area contributed by atoms with Gasteiger partial charge in [-0.3, -0.25) is 9.78 Å². The number of nitrogens with one attached hydrogen (secondary N) is 1. The quantitative estimate of drug-likeness (QED) is 0.621. The van der Waals surface area contributed by atoms with Crippen molar-refractivity contribution in [3.8, 4) is 0 Å². The molecule has 4 rings (SSSR count). The number of fused-ring (bicyclic) bond motifs is 1. The number of benzene rings is 2. The molecule has 2 unspecified atom stereocenters. The zero-order valence-electron chi connectivity index (χ0n) is 17.4. The van der Waals surface area contributed by atoms with Gasteiger partial charge in [0.2, 0.25) is 5.60 Å². The van der Waals surface area contributed by atoms with Crippen molar-refractivity contribution in [3.05, 3.63) is 78.1 Å². The minimum Gasteiger partial charge on any atom is -0.466 e. The highest BCUT2D eigenvalue weighted by atomic mass is 16.7. The molecule has 2 heterocycles. The lowest BCUT2D eigenvalue weighted by Crippen LogP contribution is -2.45. The van der Waals surface area contributed by atoms with E-state index in [0.29, 0.717) is 11.4 Å². The maximum atomic E-state index is 12.8. The van der Waals surface area contributed by atoms with Crippen LogP contribution in [-0.2, 0) is 14.4 Å². The molecule has 1 aliphatic heterocycles. The van der Waals surface area contributed by atoms with E-state index >= 15 is 0 Å². The average molecular weight is 417 g/mol. The summed E-state index contributed by atoms with van der Waals surface area (Å²) in [7, 11) is 1.33. The van der Waals surface area contributed by atoms with Crippen LogP contribution in [-0.4, -0.2) is 41.8 Å². The normalized spacial score (nSPS) is 18.7. The van der Waals surface area contributed by atoms with Gasteiger partial charge in [-0.05, 0) is 17.0 Å². The fourth-order valence-corrected chi connectivity index (χ4v) is 3.88. The largest absolute Gasteiger partial charge is 0.466 e. The number of hydrogen-bond acceptors (Lipinski definition) is 6. The monoisotopic (exact) mass is 417 g/mol. The first kappa shape index (κ1) is 20.5. The number of rotatable bonds is 6. The predicted molar refractivity (Wildman–Crippen MR) is 117 cm³/mol. The highest BCUT2D eigenvalue weighted by molar-refractivity contribution is 6.06. The topological polar surface area (TPSA) is 89.9 Å². The first-order valence-corrected chi connectivity index (χ1v) is 10.0. The lowest BCUT2D eigenvalue weighted by Gasteiger charge is -2.30. The second-order valence-electron chi connectivity index (χ2n) is 7.50. The van der Waals surface area contributed by atoms with E-state index in [-0.39, 0.29) is 24.8 Å². The number of oxime groups is 1. The number of methoxy groups -OCH3 is 1. The van der Waals surface area contributed by atoms with E-state index in [1.54, 1.807) is 6.20 Å². The van der Waals surface area contributed by atoms with E-state index < -0.39 is 11.6 Å². The van der Waals surface area contributed by atoms with Crippen LogP contribution in [0, 0.1) is 0 Å². The first-order chi connectivity index (χ1) is 15.0. The summed E-state index contributed by atoms with van der Waals surface area (Å²) in [6.45, 7) is 2.05. The first-order valence-electron chi connectivity index (χ1n) is 10.0. The van der Waals surface area contributed by atoms with Crippen molar-refractivity contribution in [1.82, 2.24) is 10.3 Å². The van der Waals surface area contributed by atoms with Gasteiger partial charge in [0, 0.05) is 23.9 Å². The number of amides is 1. The molecule has 2 aromatic carbocycles. The Hall–Kier alpha value is -3.74. The minimum atomic E-state index is -1.27. The predicted octanol–water partition coefficient (Wildman–Crippen LogP) is 3.46. The summed E-state index contributed by atoms with van der Waals surface area (Å²) in [5.41, 5.74) is 0.568. The van der Waals surface area contributed by atoms with Gasteiger partial charge in [0.1, 0.15) is 5.69 Å². The molecule has 0 saturated carbocycles. The number of esters is 1. The van der Waals surface area contributed by atoms with Gasteiger partial charge in [-0.15, -0.1) is 0 Å². The molecule has 2 atom stereocenters. The van der Waals surface area contributed by atoms with Crippen LogP contribution in [0.15, 0.2) is 72.0 Å². The molecule has 1 aromatic heterocycles. The lowest BCUT2D eigenvalue weighted by atomic mass is 9.80. The van der Waals surface area contributed by atoms with E-state index in [2.05, 4.69) is 15.5 Å². The van der Waals surface area contributed by atoms with Crippen molar-refractivity contribution in [2.24, 2.45) is 5.16 Å². The van der Waals surface area contributed by atoms with Crippen molar-refractivity contribution in [2.45, 2.75) is 24.9 Å². The third kappa shape index (κ3) is 3.86. The molecule has 0 spiro atoms. The molecule has 1 aliphatic rings. The summed E-state index contributed by atoms with van der Waals surface area (Å²) >= 11 is 0. The Labute approximate surface area is 180 Å². The van der Waals surface area contributed by atoms with E-state index in [1.807, 2.05) is 67.6 Å². The molecule has 0 aliphatic carbocycles. The molecule has 7 nitrogen and oxygen atoms in total. The highest BCUT2D eigenvalue weighted by Gasteiger charge is 2.52. The summed E-state index contributed by atoms with van der Waals surface area (Å²) in [6, 6.07) is 19.0. The number of ether oxygens (including phenoxy) is 1. The van der Waals surface area contributed by atoms with Gasteiger partial charge in [-0.25, -0.2) is 4.79 Å². The Morgan fingerprint density at radius 3 is 2.65 bits per heavy atom. The maximum absolute atomic E-state index is 12.8. The number of hydrogen-bond donors (Lipinski definition) is 1. The van der Waals surface area contributed by atoms with Crippen molar-refractivity contribution >= 4 is 28.4 Å². The second kappa shape index (κ2) is 8.55. The van der Waals surface area contributed by atoms with E-state index in [9.17, 15) is 9.59 Å². The van der Waals surface area contributed by atoms with Crippen LogP contribution in [0.25, 0.3) is 10.8 Å². The molecule has 31 heavy (non-hydrogen) atoms. The summed E-state index contributed by atoms with van der Waals surface area (Å²) < 4.78 is 5.04. The van der Waals surface area contributed by atoms with Gasteiger partial charge < -0.3 is 14.9 Å². The standard InChI is InChI=1S/C24H23N3O4/c1-16(17-8-4-3-5-9-17)24(23(29)30-2)14-19(27-31-24)15-26-22(28)21-20-11-7-6-10-18(20)12-13-25-21/h3-13,16H,14-15H2,1-2H3,(H,26,28). The van der Waals surface area contributed by atoms with Crippen LogP contribution >= 0.6 is 0 Å². The van der Waals surface area contributed by atoms with Crippen LogP contribution in [0.1, 0.15) is 35.3 Å². The van der Waals surface area contributed by atoms with Gasteiger partial charge in [0.15, 0.2) is 0 Å². The molecule has 0 saturated heterocycles. The Kier molecular flexibility index (Phi) is 5.66. The van der Waals surface area contributed by atoms with Crippen molar-refractivity contribution in [2.75, 3.05) is 13.7 Å². The van der Waals surface area contributed by atoms with Crippen LogP contribution in [0.2, 0.25) is 0 Å². The van der Waals surface area contributed by atoms with Gasteiger partial charge in [0.25, 0.3) is 5.91 Å². The van der Waals surface area contributed by atoms with E-state index in [1.165, 1.54) is 7.11 Å². The zero-order chi connectivity index (χ0) is 21.8. The zero-order valence-corrected chi connectivity index (χ0v) is 17.4. The van der Waals surface area contributed by atoms with Gasteiger partial charge in [-0.1, -0.05) is 66.7 Å². The molecular formula is C24H23N3O4. The highest BCUT2D eigenvalue weighted by Crippen LogP contribution is 2.39. The number of aromatic nitrogens is 1. The Bertz CT molecular complexity index is 1140. The fraction of sp³-hybridized carbons (Fsp3) is 0.250. The van der Waals surface area contributed by atoms with Crippen molar-refractivity contribution in [1.29, 1.82) is 0 Å². The molecule has 0 bridgehead atoms. The number of pyridine rings is 1. The van der Waals surface area contributed by atoms with Gasteiger partial charge in [0.05, 0.1) is 19.4 Å². The smallest absolute Gasteiger partial charge is 0.354 e. The van der Waals surface area contributed by atoms with Crippen LogP contribution in [0.4, 0.5) is 0 Å². The summed E-state index contributed by atoms with van der Waals surface area (Å²) in [6.07, 6.45) is 1.83. The summed E-state index contributed by atoms with van der Waals surface area (Å²) in [5, 5.41) is 8.66. The third-order valence-corrected chi connectivity index (χ3v) is 5.68. The molecule has 158 valence electrons. The average Bonchev–Trinajstić information content (AvgIpc) is 3.27. The van der Waals surface area contributed by atoms with Crippen LogP contribution < -0.4 is 5.32 Å². The molecule has 1 N–H and O–H groups in total. The maximum Gasteiger partial charge on any atom is 0.354 e. The summed E-state index contributed by atoms with van der Waals surface area (Å²) in [4.78, 5) is 35.4. The van der Waals surface area contributed by atoms with Crippen LogP contribution in [0.3, 0.4) is 0 Å². The Morgan fingerprint density at radius 1 is 1.13 bits per heavy atom. The molecule has 0 fully saturated rings. The number of carbonyl (C=O) groups excluding carboxylic acids is 2. The number of nitrogens with zero attached hydrogens (tertiary/aromatic N) is 2. The molecule has 7 heteroatoms. The van der Waals surface area contributed by atoms with E-state index in [4.69, 9.17) is 9.57 Å². The molecule has 1 amide bonds. The van der Waals surface area contributed by atoms with Crippen LogP contribution in [0.5, 0.6) is 0 Å². The van der Waals surface area contributed by atoms with E-state index in [0.717, 1.165) is 16.3 Å². The SMILES string of the molecule is COC(=O)C1(C(C)c2ccccc2)CC(CNC(=O)c2nccc3ccccc23)=NO1. The van der Waals surface area contributed by atoms with Crippen molar-refractivity contribution in [3.63, 3.8) is 0 Å². The fourth-order valence-electron chi connectivity index (χ4n) is 3.88. The third-order valence-electron chi connectivity index (χ3n) is 5.68. The minimum absolute atomic E-state index is 0.143. The summed E-state index contributed by atoms with van der Waals surface area (Å²) in [5.74, 6) is -1.10. The van der Waals surface area contributed by atoms with Crippen molar-refractivity contribution < 1.29 is 19.2 Å². The van der Waals surface area contributed by atoms with Gasteiger partial charge in [-0.2, -0.15) is 0 Å². The lowest BCUT2D eigenvalue weighted by molar-refractivity contribution is -0.169. The number of carbonyl (C=O) groups is 2.